The molecule has 1 aromatic rings. The fourth-order valence-corrected chi connectivity index (χ4v) is 3.06. The van der Waals surface area contributed by atoms with Gasteiger partial charge in [0.25, 0.3) is 0 Å². The molecular formula is C15H27N5O2. The van der Waals surface area contributed by atoms with E-state index in [1.54, 1.807) is 4.68 Å². The minimum absolute atomic E-state index is 0.000133. The first kappa shape index (κ1) is 16.8. The van der Waals surface area contributed by atoms with Crippen molar-refractivity contribution in [2.45, 2.75) is 37.3 Å². The summed E-state index contributed by atoms with van der Waals surface area (Å²) in [5, 5.41) is 19.6. The molecule has 22 heavy (non-hydrogen) atoms. The summed E-state index contributed by atoms with van der Waals surface area (Å²) in [5.41, 5.74) is 0.622. The molecule has 1 aliphatic carbocycles. The standard InChI is InChI=1S/C15H27N5O2/c1-19(2)13(12-8-17-20(3)10-12)9-16-14(22)18-15(11-21)6-4-5-7-15/h8,10,13,21H,4-7,9,11H2,1-3H3,(H2,16,18,22). The van der Waals surface area contributed by atoms with E-state index in [2.05, 4.69) is 20.6 Å². The van der Waals surface area contributed by atoms with Crippen LogP contribution in [0.5, 0.6) is 0 Å². The first-order chi connectivity index (χ1) is 10.5. The molecule has 1 heterocycles. The van der Waals surface area contributed by atoms with Crippen LogP contribution in [0.4, 0.5) is 4.79 Å². The molecule has 7 nitrogen and oxygen atoms in total. The molecule has 124 valence electrons. The van der Waals surface area contributed by atoms with Crippen LogP contribution in [0.25, 0.3) is 0 Å². The molecule has 1 fully saturated rings. The maximum absolute atomic E-state index is 12.2. The molecule has 1 unspecified atom stereocenters. The molecule has 0 spiro atoms. The first-order valence-electron chi connectivity index (χ1n) is 7.78. The number of amides is 2. The number of urea groups is 1. The Bertz CT molecular complexity index is 494. The summed E-state index contributed by atoms with van der Waals surface area (Å²) in [6.07, 6.45) is 7.56. The molecule has 0 aromatic carbocycles. The molecule has 2 amide bonds. The maximum atomic E-state index is 12.2. The van der Waals surface area contributed by atoms with Crippen LogP contribution in [0, 0.1) is 0 Å². The third kappa shape index (κ3) is 3.98. The van der Waals surface area contributed by atoms with Gasteiger partial charge in [-0.05, 0) is 26.9 Å². The van der Waals surface area contributed by atoms with Crippen molar-refractivity contribution in [1.82, 2.24) is 25.3 Å². The molecule has 1 aliphatic rings. The average molecular weight is 309 g/mol. The van der Waals surface area contributed by atoms with Gasteiger partial charge in [-0.25, -0.2) is 4.79 Å². The van der Waals surface area contributed by atoms with Crippen LogP contribution in [0.1, 0.15) is 37.3 Å². The Morgan fingerprint density at radius 2 is 2.18 bits per heavy atom. The number of aryl methyl sites for hydroxylation is 1. The van der Waals surface area contributed by atoms with Gasteiger partial charge in [-0.15, -0.1) is 0 Å². The number of hydrogen-bond donors (Lipinski definition) is 3. The van der Waals surface area contributed by atoms with Crippen LogP contribution < -0.4 is 10.6 Å². The summed E-state index contributed by atoms with van der Waals surface area (Å²) in [6, 6.07) is -0.153. The van der Waals surface area contributed by atoms with Gasteiger partial charge < -0.3 is 20.6 Å². The van der Waals surface area contributed by atoms with Crippen molar-refractivity contribution in [3.63, 3.8) is 0 Å². The van der Waals surface area contributed by atoms with Crippen LogP contribution in [-0.4, -0.2) is 58.6 Å². The van der Waals surface area contributed by atoms with Gasteiger partial charge in [0.1, 0.15) is 0 Å². The van der Waals surface area contributed by atoms with Crippen LogP contribution in [0.2, 0.25) is 0 Å². The second kappa shape index (κ2) is 7.11. The van der Waals surface area contributed by atoms with Crippen LogP contribution >= 0.6 is 0 Å². The van der Waals surface area contributed by atoms with E-state index in [0.717, 1.165) is 31.2 Å². The second-order valence-corrected chi connectivity index (χ2v) is 6.41. The van der Waals surface area contributed by atoms with E-state index in [9.17, 15) is 9.90 Å². The Kier molecular flexibility index (Phi) is 5.42. The van der Waals surface area contributed by atoms with Crippen molar-refractivity contribution >= 4 is 6.03 Å². The highest BCUT2D eigenvalue weighted by atomic mass is 16.3. The number of nitrogens with zero attached hydrogens (tertiary/aromatic N) is 3. The minimum atomic E-state index is -0.438. The molecule has 1 atom stereocenters. The lowest BCUT2D eigenvalue weighted by atomic mass is 9.99. The van der Waals surface area contributed by atoms with Crippen molar-refractivity contribution in [3.8, 4) is 0 Å². The topological polar surface area (TPSA) is 82.4 Å². The number of aliphatic hydroxyl groups is 1. The van der Waals surface area contributed by atoms with Crippen molar-refractivity contribution < 1.29 is 9.90 Å². The zero-order valence-electron chi connectivity index (χ0n) is 13.7. The summed E-state index contributed by atoms with van der Waals surface area (Å²) >= 11 is 0. The lowest BCUT2D eigenvalue weighted by Gasteiger charge is -2.29. The third-order valence-corrected chi connectivity index (χ3v) is 4.43. The SMILES string of the molecule is CN(C)C(CNC(=O)NC1(CO)CCCC1)c1cnn(C)c1. The van der Waals surface area contributed by atoms with Gasteiger partial charge in [0.15, 0.2) is 0 Å². The Morgan fingerprint density at radius 1 is 1.50 bits per heavy atom. The normalized spacial score (nSPS) is 18.4. The van der Waals surface area contributed by atoms with E-state index in [1.165, 1.54) is 0 Å². The highest BCUT2D eigenvalue weighted by molar-refractivity contribution is 5.75. The van der Waals surface area contributed by atoms with Gasteiger partial charge in [0, 0.05) is 25.4 Å². The van der Waals surface area contributed by atoms with E-state index in [0.29, 0.717) is 6.54 Å². The van der Waals surface area contributed by atoms with E-state index in [1.807, 2.05) is 33.5 Å². The lowest BCUT2D eigenvalue weighted by Crippen LogP contribution is -2.53. The smallest absolute Gasteiger partial charge is 0.315 e. The summed E-state index contributed by atoms with van der Waals surface area (Å²) in [7, 11) is 5.83. The molecule has 0 bridgehead atoms. The van der Waals surface area contributed by atoms with Crippen molar-refractivity contribution in [1.29, 1.82) is 0 Å². The molecule has 3 N–H and O–H groups in total. The highest BCUT2D eigenvalue weighted by Crippen LogP contribution is 2.29. The fraction of sp³-hybridized carbons (Fsp3) is 0.733. The Balaban J connectivity index is 1.90. The van der Waals surface area contributed by atoms with Crippen LogP contribution in [0.3, 0.4) is 0 Å². The molecule has 1 saturated carbocycles. The summed E-state index contributed by atoms with van der Waals surface area (Å²) in [5.74, 6) is 0. The second-order valence-electron chi connectivity index (χ2n) is 6.41. The number of aliphatic hydroxyl groups excluding tert-OH is 1. The van der Waals surface area contributed by atoms with Gasteiger partial charge >= 0.3 is 6.03 Å². The van der Waals surface area contributed by atoms with E-state index >= 15 is 0 Å². The maximum Gasteiger partial charge on any atom is 0.315 e. The number of aromatic nitrogens is 2. The molecular weight excluding hydrogens is 282 g/mol. The zero-order valence-corrected chi connectivity index (χ0v) is 13.7. The predicted octanol–water partition coefficient (Wildman–Crippen LogP) is 0.627. The molecule has 0 saturated heterocycles. The van der Waals surface area contributed by atoms with Crippen molar-refractivity contribution in [2.75, 3.05) is 27.2 Å². The average Bonchev–Trinajstić information content (AvgIpc) is 3.09. The Morgan fingerprint density at radius 3 is 2.68 bits per heavy atom. The van der Waals surface area contributed by atoms with Gasteiger partial charge in [0.2, 0.25) is 0 Å². The van der Waals surface area contributed by atoms with Gasteiger partial charge in [-0.2, -0.15) is 5.10 Å². The van der Waals surface area contributed by atoms with E-state index in [4.69, 9.17) is 0 Å². The number of hydrogen-bond acceptors (Lipinski definition) is 4. The third-order valence-electron chi connectivity index (χ3n) is 4.43. The van der Waals surface area contributed by atoms with Gasteiger partial charge in [-0.3, -0.25) is 4.68 Å². The van der Waals surface area contributed by atoms with Crippen LogP contribution in [0.15, 0.2) is 12.4 Å². The van der Waals surface area contributed by atoms with Crippen molar-refractivity contribution in [3.05, 3.63) is 18.0 Å². The van der Waals surface area contributed by atoms with E-state index < -0.39 is 5.54 Å². The summed E-state index contributed by atoms with van der Waals surface area (Å²) in [6.45, 7) is 0.492. The van der Waals surface area contributed by atoms with Gasteiger partial charge in [0.05, 0.1) is 24.4 Å². The quantitative estimate of drug-likeness (QED) is 0.720. The van der Waals surface area contributed by atoms with Crippen molar-refractivity contribution in [2.24, 2.45) is 7.05 Å². The molecule has 0 aliphatic heterocycles. The van der Waals surface area contributed by atoms with Gasteiger partial charge in [-0.1, -0.05) is 12.8 Å². The highest BCUT2D eigenvalue weighted by Gasteiger charge is 2.34. The van der Waals surface area contributed by atoms with E-state index in [-0.39, 0.29) is 18.7 Å². The monoisotopic (exact) mass is 309 g/mol. The lowest BCUT2D eigenvalue weighted by molar-refractivity contribution is 0.161. The Hall–Kier alpha value is -1.60. The number of carbonyl (C=O) groups excluding carboxylic acids is 1. The molecule has 0 radical (unpaired) electrons. The largest absolute Gasteiger partial charge is 0.394 e. The molecule has 1 aromatic heterocycles. The predicted molar refractivity (Wildman–Crippen MR) is 84.5 cm³/mol. The Labute approximate surface area is 131 Å². The number of likely N-dealkylation sites (N-methyl/N-ethyl adjacent to an activating group) is 1. The number of carbonyl (C=O) groups is 1. The molecule has 2 rings (SSSR count). The fourth-order valence-electron chi connectivity index (χ4n) is 3.06. The number of nitrogens with one attached hydrogen (secondary N) is 2. The minimum Gasteiger partial charge on any atom is -0.394 e. The van der Waals surface area contributed by atoms with Crippen LogP contribution in [-0.2, 0) is 7.05 Å². The summed E-state index contributed by atoms with van der Waals surface area (Å²) < 4.78 is 1.76. The first-order valence-corrected chi connectivity index (χ1v) is 7.78. The zero-order chi connectivity index (χ0) is 16.2. The number of rotatable bonds is 6. The molecule has 7 heteroatoms. The summed E-state index contributed by atoms with van der Waals surface area (Å²) in [4.78, 5) is 14.2.